The fourth-order valence-corrected chi connectivity index (χ4v) is 4.26. The molecule has 4 rings (SSSR count). The number of nitrogens with one attached hydrogen (secondary N) is 2. The van der Waals surface area contributed by atoms with Crippen molar-refractivity contribution in [3.63, 3.8) is 0 Å². The number of pyridine rings is 1. The van der Waals surface area contributed by atoms with E-state index in [-0.39, 0.29) is 11.3 Å². The summed E-state index contributed by atoms with van der Waals surface area (Å²) in [7, 11) is 0. The van der Waals surface area contributed by atoms with Crippen LogP contribution in [0, 0.1) is 11.3 Å². The number of carbonyl (C=O) groups excluding carboxylic acids is 1. The maximum absolute atomic E-state index is 13.1. The summed E-state index contributed by atoms with van der Waals surface area (Å²) in [5.41, 5.74) is 1.57. The Morgan fingerprint density at radius 1 is 1.31 bits per heavy atom. The van der Waals surface area contributed by atoms with Crippen molar-refractivity contribution in [3.05, 3.63) is 54.4 Å². The molecular formula is C21H25N3O2. The van der Waals surface area contributed by atoms with E-state index in [9.17, 15) is 4.79 Å². The van der Waals surface area contributed by atoms with Crippen LogP contribution in [0.3, 0.4) is 0 Å². The van der Waals surface area contributed by atoms with E-state index in [1.165, 1.54) is 6.42 Å². The summed E-state index contributed by atoms with van der Waals surface area (Å²) in [6.07, 6.45) is 8.04. The van der Waals surface area contributed by atoms with Gasteiger partial charge in [-0.25, -0.2) is 0 Å². The summed E-state index contributed by atoms with van der Waals surface area (Å²) >= 11 is 0. The Morgan fingerprint density at radius 3 is 3.15 bits per heavy atom. The van der Waals surface area contributed by atoms with Crippen molar-refractivity contribution in [3.8, 4) is 5.75 Å². The van der Waals surface area contributed by atoms with E-state index in [1.807, 2.05) is 36.4 Å². The first-order valence-corrected chi connectivity index (χ1v) is 9.40. The van der Waals surface area contributed by atoms with Crippen LogP contribution in [0.15, 0.2) is 48.8 Å². The summed E-state index contributed by atoms with van der Waals surface area (Å²) in [5, 5.41) is 6.57. The third kappa shape index (κ3) is 3.44. The van der Waals surface area contributed by atoms with E-state index < -0.39 is 0 Å². The molecule has 2 aliphatic rings. The van der Waals surface area contributed by atoms with Gasteiger partial charge in [-0.1, -0.05) is 25.0 Å². The fourth-order valence-electron chi connectivity index (χ4n) is 4.26. The molecule has 1 aliphatic carbocycles. The van der Waals surface area contributed by atoms with Gasteiger partial charge in [0.15, 0.2) is 0 Å². The Morgan fingerprint density at radius 2 is 2.27 bits per heavy atom. The lowest BCUT2D eigenvalue weighted by atomic mass is 9.67. The summed E-state index contributed by atoms with van der Waals surface area (Å²) in [4.78, 5) is 17.2. The number of carbonyl (C=O) groups is 1. The molecule has 0 radical (unpaired) electrons. The quantitative estimate of drug-likeness (QED) is 0.867. The summed E-state index contributed by atoms with van der Waals surface area (Å²) in [5.74, 6) is 1.35. The first kappa shape index (κ1) is 17.0. The standard InChI is InChI=1S/C21H25N3O2/c25-20(21-9-2-1-6-17(21)13-23-15-21)24-18-7-3-8-19(11-18)26-14-16-5-4-10-22-12-16/h3-5,7-8,10-12,17,23H,1-2,6,9,13-15H2,(H,24,25)/t17-,21+/m0/s1. The Hall–Kier alpha value is -2.40. The number of fused-ring (bicyclic) bond motifs is 1. The van der Waals surface area contributed by atoms with Gasteiger partial charge in [0.25, 0.3) is 0 Å². The summed E-state index contributed by atoms with van der Waals surface area (Å²) < 4.78 is 5.84. The van der Waals surface area contributed by atoms with Crippen LogP contribution in [0.4, 0.5) is 5.69 Å². The Bertz CT molecular complexity index is 765. The van der Waals surface area contributed by atoms with Crippen LogP contribution in [-0.4, -0.2) is 24.0 Å². The molecule has 5 nitrogen and oxygen atoms in total. The molecule has 1 aromatic heterocycles. The number of nitrogens with zero attached hydrogens (tertiary/aromatic N) is 1. The number of hydrogen-bond donors (Lipinski definition) is 2. The second kappa shape index (κ2) is 7.46. The van der Waals surface area contributed by atoms with E-state index in [0.29, 0.717) is 12.5 Å². The minimum atomic E-state index is -0.245. The number of ether oxygens (including phenoxy) is 1. The zero-order valence-electron chi connectivity index (χ0n) is 14.9. The van der Waals surface area contributed by atoms with Crippen molar-refractivity contribution in [2.45, 2.75) is 32.3 Å². The molecule has 2 fully saturated rings. The molecule has 2 N–H and O–H groups in total. The third-order valence-electron chi connectivity index (χ3n) is 5.71. The Labute approximate surface area is 154 Å². The van der Waals surface area contributed by atoms with E-state index in [2.05, 4.69) is 15.6 Å². The SMILES string of the molecule is O=C(Nc1cccc(OCc2cccnc2)c1)[C@@]12CCCC[C@H]1CNC2. The van der Waals surface area contributed by atoms with Crippen LogP contribution >= 0.6 is 0 Å². The number of benzene rings is 1. The van der Waals surface area contributed by atoms with Gasteiger partial charge in [-0.05, 0) is 43.5 Å². The second-order valence-electron chi connectivity index (χ2n) is 7.36. The highest BCUT2D eigenvalue weighted by Crippen LogP contribution is 2.44. The molecule has 5 heteroatoms. The molecule has 1 saturated carbocycles. The first-order chi connectivity index (χ1) is 12.8. The fraction of sp³-hybridized carbons (Fsp3) is 0.429. The van der Waals surface area contributed by atoms with Crippen molar-refractivity contribution < 1.29 is 9.53 Å². The topological polar surface area (TPSA) is 63.2 Å². The number of rotatable bonds is 5. The van der Waals surface area contributed by atoms with Crippen molar-refractivity contribution in [2.75, 3.05) is 18.4 Å². The molecule has 0 bridgehead atoms. The highest BCUT2D eigenvalue weighted by Gasteiger charge is 2.49. The van der Waals surface area contributed by atoms with Gasteiger partial charge >= 0.3 is 0 Å². The lowest BCUT2D eigenvalue weighted by Gasteiger charge is -2.37. The second-order valence-corrected chi connectivity index (χ2v) is 7.36. The van der Waals surface area contributed by atoms with Crippen LogP contribution in [0.5, 0.6) is 5.75 Å². The lowest BCUT2D eigenvalue weighted by Crippen LogP contribution is -2.44. The van der Waals surface area contributed by atoms with Crippen molar-refractivity contribution >= 4 is 11.6 Å². The third-order valence-corrected chi connectivity index (χ3v) is 5.71. The van der Waals surface area contributed by atoms with Crippen LogP contribution < -0.4 is 15.4 Å². The van der Waals surface area contributed by atoms with E-state index >= 15 is 0 Å². The maximum Gasteiger partial charge on any atom is 0.232 e. The minimum Gasteiger partial charge on any atom is -0.489 e. The smallest absolute Gasteiger partial charge is 0.232 e. The van der Waals surface area contributed by atoms with E-state index in [0.717, 1.165) is 49.4 Å². The highest BCUT2D eigenvalue weighted by atomic mass is 16.5. The zero-order valence-corrected chi connectivity index (χ0v) is 14.9. The van der Waals surface area contributed by atoms with Gasteiger partial charge in [0, 0.05) is 36.3 Å². The molecule has 136 valence electrons. The molecular weight excluding hydrogens is 326 g/mol. The van der Waals surface area contributed by atoms with Gasteiger partial charge in [0.2, 0.25) is 5.91 Å². The molecule has 2 atom stereocenters. The number of anilines is 1. The summed E-state index contributed by atoms with van der Waals surface area (Å²) in [6.45, 7) is 2.21. The van der Waals surface area contributed by atoms with Crippen LogP contribution in [-0.2, 0) is 11.4 Å². The van der Waals surface area contributed by atoms with E-state index in [1.54, 1.807) is 12.4 Å². The van der Waals surface area contributed by atoms with Crippen LogP contribution in [0.1, 0.15) is 31.2 Å². The van der Waals surface area contributed by atoms with E-state index in [4.69, 9.17) is 4.74 Å². The molecule has 1 amide bonds. The molecule has 2 heterocycles. The molecule has 1 aromatic carbocycles. The van der Waals surface area contributed by atoms with Gasteiger partial charge in [-0.3, -0.25) is 9.78 Å². The minimum absolute atomic E-state index is 0.150. The predicted molar refractivity (Wildman–Crippen MR) is 101 cm³/mol. The number of aromatic nitrogens is 1. The summed E-state index contributed by atoms with van der Waals surface area (Å²) in [6, 6.07) is 11.5. The number of hydrogen-bond acceptors (Lipinski definition) is 4. The normalized spacial score (nSPS) is 24.7. The predicted octanol–water partition coefficient (Wildman–Crippen LogP) is 3.38. The zero-order chi connectivity index (χ0) is 17.8. The van der Waals surface area contributed by atoms with Gasteiger partial charge in [-0.2, -0.15) is 0 Å². The Balaban J connectivity index is 1.42. The molecule has 26 heavy (non-hydrogen) atoms. The van der Waals surface area contributed by atoms with Crippen molar-refractivity contribution in [1.29, 1.82) is 0 Å². The van der Waals surface area contributed by atoms with Crippen molar-refractivity contribution in [1.82, 2.24) is 10.3 Å². The van der Waals surface area contributed by atoms with Gasteiger partial charge in [0.1, 0.15) is 12.4 Å². The lowest BCUT2D eigenvalue weighted by molar-refractivity contribution is -0.128. The average molecular weight is 351 g/mol. The largest absolute Gasteiger partial charge is 0.489 e. The first-order valence-electron chi connectivity index (χ1n) is 9.40. The van der Waals surface area contributed by atoms with Gasteiger partial charge in [0.05, 0.1) is 5.41 Å². The van der Waals surface area contributed by atoms with Crippen LogP contribution in [0.2, 0.25) is 0 Å². The molecule has 0 unspecified atom stereocenters. The molecule has 2 aromatic rings. The maximum atomic E-state index is 13.1. The van der Waals surface area contributed by atoms with Crippen molar-refractivity contribution in [2.24, 2.45) is 11.3 Å². The Kier molecular flexibility index (Phi) is 4.89. The van der Waals surface area contributed by atoms with Gasteiger partial charge in [-0.15, -0.1) is 0 Å². The molecule has 1 saturated heterocycles. The number of amides is 1. The molecule has 1 aliphatic heterocycles. The molecule has 0 spiro atoms. The van der Waals surface area contributed by atoms with Crippen LogP contribution in [0.25, 0.3) is 0 Å². The average Bonchev–Trinajstić information content (AvgIpc) is 3.13. The van der Waals surface area contributed by atoms with Gasteiger partial charge < -0.3 is 15.4 Å². The monoisotopic (exact) mass is 351 g/mol. The highest BCUT2D eigenvalue weighted by molar-refractivity contribution is 5.96.